The minimum Gasteiger partial charge on any atom is -0.396 e. The monoisotopic (exact) mass is 224 g/mol. The predicted molar refractivity (Wildman–Crippen MR) is 66.1 cm³/mol. The molecule has 5 nitrogen and oxygen atoms in total. The number of hydrazine groups is 1. The molecule has 0 aliphatic heterocycles. The van der Waals surface area contributed by atoms with Crippen LogP contribution in [0.2, 0.25) is 0 Å². The van der Waals surface area contributed by atoms with Gasteiger partial charge < -0.3 is 15.8 Å². The molecule has 5 heteroatoms. The zero-order valence-corrected chi connectivity index (χ0v) is 9.45. The highest BCUT2D eigenvalue weighted by molar-refractivity contribution is 5.51. The fraction of sp³-hybridized carbons (Fsp3) is 0.545. The van der Waals surface area contributed by atoms with Crippen LogP contribution in [0.25, 0.3) is 0 Å². The van der Waals surface area contributed by atoms with Gasteiger partial charge in [0, 0.05) is 31.1 Å². The molecule has 0 saturated carbocycles. The summed E-state index contributed by atoms with van der Waals surface area (Å²) in [4.78, 5) is 4.02. The Bertz CT molecular complexity index is 293. The average molecular weight is 224 g/mol. The third kappa shape index (κ3) is 4.95. The Labute approximate surface area is 96.0 Å². The second-order valence-electron chi connectivity index (χ2n) is 3.64. The Kier molecular flexibility index (Phi) is 6.29. The molecular weight excluding hydrogens is 204 g/mol. The molecule has 1 heterocycles. The number of nitrogens with two attached hydrogens (primary N) is 1. The van der Waals surface area contributed by atoms with Crippen LogP contribution in [0.5, 0.6) is 0 Å². The van der Waals surface area contributed by atoms with E-state index in [1.54, 1.807) is 6.20 Å². The molecular formula is C11H20N4O. The van der Waals surface area contributed by atoms with E-state index in [0.29, 0.717) is 12.4 Å². The highest BCUT2D eigenvalue weighted by Gasteiger charge is 1.94. The number of nitrogens with zero attached hydrogens (tertiary/aromatic N) is 1. The van der Waals surface area contributed by atoms with Crippen molar-refractivity contribution in [3.63, 3.8) is 0 Å². The number of aliphatic hydroxyl groups excluding tert-OH is 1. The molecule has 16 heavy (non-hydrogen) atoms. The van der Waals surface area contributed by atoms with Gasteiger partial charge in [-0.15, -0.1) is 0 Å². The smallest absolute Gasteiger partial charge is 0.141 e. The summed E-state index contributed by atoms with van der Waals surface area (Å²) in [5.41, 5.74) is 3.53. The second kappa shape index (κ2) is 7.90. The van der Waals surface area contributed by atoms with Crippen molar-refractivity contribution in [2.24, 2.45) is 5.84 Å². The highest BCUT2D eigenvalue weighted by atomic mass is 16.2. The summed E-state index contributed by atoms with van der Waals surface area (Å²) in [6, 6.07) is 3.78. The van der Waals surface area contributed by atoms with Crippen LogP contribution in [0.3, 0.4) is 0 Å². The van der Waals surface area contributed by atoms with Crippen molar-refractivity contribution in [2.45, 2.75) is 25.7 Å². The molecule has 0 aromatic carbocycles. The minimum absolute atomic E-state index is 0.295. The van der Waals surface area contributed by atoms with Gasteiger partial charge in [0.1, 0.15) is 5.82 Å². The number of unbranched alkanes of at least 4 members (excludes halogenated alkanes) is 3. The first-order chi connectivity index (χ1) is 7.86. The Balaban J connectivity index is 2.16. The molecule has 0 spiro atoms. The van der Waals surface area contributed by atoms with Crippen molar-refractivity contribution in [3.8, 4) is 0 Å². The van der Waals surface area contributed by atoms with Gasteiger partial charge in [-0.05, 0) is 18.9 Å². The Hall–Kier alpha value is -1.33. The Morgan fingerprint density at radius 2 is 2.06 bits per heavy atom. The maximum Gasteiger partial charge on any atom is 0.141 e. The molecule has 0 amide bonds. The van der Waals surface area contributed by atoms with Gasteiger partial charge in [0.25, 0.3) is 0 Å². The molecule has 90 valence electrons. The maximum atomic E-state index is 8.62. The first kappa shape index (κ1) is 12.7. The number of hydrogen-bond acceptors (Lipinski definition) is 5. The molecule has 5 N–H and O–H groups in total. The maximum absolute atomic E-state index is 8.62. The lowest BCUT2D eigenvalue weighted by atomic mass is 10.2. The molecule has 0 unspecified atom stereocenters. The average Bonchev–Trinajstić information content (AvgIpc) is 2.34. The molecule has 1 aromatic heterocycles. The molecule has 1 rings (SSSR count). The zero-order valence-electron chi connectivity index (χ0n) is 9.45. The van der Waals surface area contributed by atoms with Gasteiger partial charge in [-0.25, -0.2) is 10.8 Å². The van der Waals surface area contributed by atoms with Gasteiger partial charge in [-0.3, -0.25) is 0 Å². The summed E-state index contributed by atoms with van der Waals surface area (Å²) in [5.74, 6) is 5.92. The Morgan fingerprint density at radius 3 is 2.81 bits per heavy atom. The summed E-state index contributed by atoms with van der Waals surface area (Å²) in [6.45, 7) is 1.22. The lowest BCUT2D eigenvalue weighted by Gasteiger charge is -2.07. The van der Waals surface area contributed by atoms with Crippen LogP contribution in [0.4, 0.5) is 11.5 Å². The number of aromatic nitrogens is 1. The topological polar surface area (TPSA) is 83.2 Å². The van der Waals surface area contributed by atoms with Gasteiger partial charge in [-0.2, -0.15) is 0 Å². The number of pyridine rings is 1. The molecule has 0 radical (unpaired) electrons. The molecule has 0 bridgehead atoms. The van der Waals surface area contributed by atoms with Crippen molar-refractivity contribution in [3.05, 3.63) is 18.3 Å². The number of nitrogens with one attached hydrogen (secondary N) is 2. The number of rotatable bonds is 8. The predicted octanol–water partition coefficient (Wildman–Crippen LogP) is 1.33. The Morgan fingerprint density at radius 1 is 1.25 bits per heavy atom. The zero-order chi connectivity index (χ0) is 11.6. The van der Waals surface area contributed by atoms with E-state index in [1.165, 1.54) is 0 Å². The van der Waals surface area contributed by atoms with Crippen molar-refractivity contribution in [1.82, 2.24) is 4.98 Å². The van der Waals surface area contributed by atoms with E-state index in [-0.39, 0.29) is 0 Å². The minimum atomic E-state index is 0.295. The summed E-state index contributed by atoms with van der Waals surface area (Å²) in [5, 5.41) is 11.9. The van der Waals surface area contributed by atoms with Crippen LogP contribution in [0.15, 0.2) is 18.3 Å². The third-order valence-corrected chi connectivity index (χ3v) is 2.32. The van der Waals surface area contributed by atoms with E-state index >= 15 is 0 Å². The van der Waals surface area contributed by atoms with E-state index in [1.807, 2.05) is 12.1 Å². The van der Waals surface area contributed by atoms with Gasteiger partial charge in [0.2, 0.25) is 0 Å². The number of nitrogen functional groups attached to an aromatic ring is 1. The largest absolute Gasteiger partial charge is 0.396 e. The van der Waals surface area contributed by atoms with E-state index in [0.717, 1.165) is 37.9 Å². The van der Waals surface area contributed by atoms with Crippen molar-refractivity contribution < 1.29 is 5.11 Å². The van der Waals surface area contributed by atoms with E-state index < -0.39 is 0 Å². The first-order valence-corrected chi connectivity index (χ1v) is 5.64. The molecule has 0 atom stereocenters. The number of aliphatic hydroxyl groups is 1. The molecule has 0 aliphatic carbocycles. The summed E-state index contributed by atoms with van der Waals surface area (Å²) in [6.07, 6.45) is 5.94. The van der Waals surface area contributed by atoms with Crippen LogP contribution in [0.1, 0.15) is 25.7 Å². The number of anilines is 2. The molecule has 0 aliphatic rings. The number of hydrogen-bond donors (Lipinski definition) is 4. The quantitative estimate of drug-likeness (QED) is 0.304. The highest BCUT2D eigenvalue weighted by Crippen LogP contribution is 2.11. The van der Waals surface area contributed by atoms with Crippen LogP contribution >= 0.6 is 0 Å². The van der Waals surface area contributed by atoms with Gasteiger partial charge in [0.05, 0.1) is 0 Å². The van der Waals surface area contributed by atoms with Crippen molar-refractivity contribution in [2.75, 3.05) is 23.9 Å². The lowest BCUT2D eigenvalue weighted by molar-refractivity contribution is 0.283. The summed E-state index contributed by atoms with van der Waals surface area (Å²) < 4.78 is 0. The van der Waals surface area contributed by atoms with Crippen LogP contribution in [-0.2, 0) is 0 Å². The molecule has 1 aromatic rings. The van der Waals surface area contributed by atoms with E-state index in [4.69, 9.17) is 10.9 Å². The van der Waals surface area contributed by atoms with Gasteiger partial charge >= 0.3 is 0 Å². The van der Waals surface area contributed by atoms with Crippen LogP contribution < -0.4 is 16.6 Å². The van der Waals surface area contributed by atoms with Crippen LogP contribution in [0, 0.1) is 0 Å². The second-order valence-corrected chi connectivity index (χ2v) is 3.64. The standard InChI is InChI=1S/C11H20N4O/c12-15-11-9-10(5-7-14-11)13-6-3-1-2-4-8-16/h5,7,9,16H,1-4,6,8,12H2,(H2,13,14,15). The summed E-state index contributed by atoms with van der Waals surface area (Å²) in [7, 11) is 0. The molecule has 0 saturated heterocycles. The normalized spacial score (nSPS) is 10.1. The van der Waals surface area contributed by atoms with Gasteiger partial charge in [-0.1, -0.05) is 12.8 Å². The van der Waals surface area contributed by atoms with Gasteiger partial charge in [0.15, 0.2) is 0 Å². The van der Waals surface area contributed by atoms with Crippen LogP contribution in [-0.4, -0.2) is 23.2 Å². The summed E-state index contributed by atoms with van der Waals surface area (Å²) >= 11 is 0. The van der Waals surface area contributed by atoms with Crippen molar-refractivity contribution >= 4 is 11.5 Å². The lowest BCUT2D eigenvalue weighted by Crippen LogP contribution is -2.09. The third-order valence-electron chi connectivity index (χ3n) is 2.32. The fourth-order valence-corrected chi connectivity index (χ4v) is 1.44. The molecule has 0 fully saturated rings. The fourth-order valence-electron chi connectivity index (χ4n) is 1.44. The SMILES string of the molecule is NNc1cc(NCCCCCCO)ccn1. The first-order valence-electron chi connectivity index (χ1n) is 5.64. The van der Waals surface area contributed by atoms with Crippen molar-refractivity contribution in [1.29, 1.82) is 0 Å². The van der Waals surface area contributed by atoms with E-state index in [2.05, 4.69) is 15.7 Å². The van der Waals surface area contributed by atoms with E-state index in [9.17, 15) is 0 Å².